The minimum absolute atomic E-state index is 0.206. The Hall–Kier alpha value is -1.53. The molecule has 1 amide bonds. The van der Waals surface area contributed by atoms with E-state index in [2.05, 4.69) is 20.5 Å². The average Bonchev–Trinajstić information content (AvgIpc) is 2.65. The maximum atomic E-state index is 11.6. The first kappa shape index (κ1) is 11.0. The first-order chi connectivity index (χ1) is 7.65. The van der Waals surface area contributed by atoms with Gasteiger partial charge < -0.3 is 0 Å². The zero-order chi connectivity index (χ0) is 11.5. The molecular weight excluding hydrogens is 248 g/mol. The lowest BCUT2D eigenvalue weighted by Crippen LogP contribution is -2.14. The van der Waals surface area contributed by atoms with Crippen LogP contribution in [-0.2, 0) is 0 Å². The van der Waals surface area contributed by atoms with Crippen LogP contribution in [0, 0.1) is 6.92 Å². The van der Waals surface area contributed by atoms with E-state index in [1.807, 2.05) is 12.3 Å². The van der Waals surface area contributed by atoms with Gasteiger partial charge in [0.05, 0.1) is 5.69 Å². The third kappa shape index (κ3) is 2.53. The topological polar surface area (TPSA) is 67.8 Å². The first-order valence-corrected chi connectivity index (χ1v) is 5.63. The van der Waals surface area contributed by atoms with Crippen molar-refractivity contribution >= 4 is 34.0 Å². The Kier molecular flexibility index (Phi) is 3.12. The van der Waals surface area contributed by atoms with Gasteiger partial charge in [0.25, 0.3) is 5.91 Å². The van der Waals surface area contributed by atoms with Gasteiger partial charge in [0, 0.05) is 5.38 Å². The number of nitrogens with zero attached hydrogens (tertiary/aromatic N) is 3. The summed E-state index contributed by atoms with van der Waals surface area (Å²) in [5.74, 6) is -0.349. The zero-order valence-corrected chi connectivity index (χ0v) is 9.84. The van der Waals surface area contributed by atoms with E-state index in [0.717, 1.165) is 5.69 Å². The number of amides is 1. The highest BCUT2D eigenvalue weighted by atomic mass is 35.5. The highest BCUT2D eigenvalue weighted by Gasteiger charge is 2.09. The number of aryl methyl sites for hydroxylation is 1. The van der Waals surface area contributed by atoms with E-state index >= 15 is 0 Å². The highest BCUT2D eigenvalue weighted by molar-refractivity contribution is 7.13. The fourth-order valence-electron chi connectivity index (χ4n) is 1.01. The molecule has 1 N–H and O–H groups in total. The summed E-state index contributed by atoms with van der Waals surface area (Å²) < 4.78 is 0. The molecule has 0 aliphatic carbocycles. The average molecular weight is 255 g/mol. The quantitative estimate of drug-likeness (QED) is 0.892. The molecule has 0 atom stereocenters. The van der Waals surface area contributed by atoms with Gasteiger partial charge in [0.1, 0.15) is 0 Å². The number of halogens is 1. The van der Waals surface area contributed by atoms with Crippen molar-refractivity contribution < 1.29 is 4.79 Å². The maximum absolute atomic E-state index is 11.6. The molecule has 0 fully saturated rings. The van der Waals surface area contributed by atoms with E-state index in [-0.39, 0.29) is 16.8 Å². The second-order valence-electron chi connectivity index (χ2n) is 2.99. The van der Waals surface area contributed by atoms with Crippen molar-refractivity contribution in [2.45, 2.75) is 6.92 Å². The van der Waals surface area contributed by atoms with Gasteiger partial charge in [-0.2, -0.15) is 0 Å². The Balaban J connectivity index is 2.11. The van der Waals surface area contributed by atoms with Crippen LogP contribution >= 0.6 is 22.9 Å². The van der Waals surface area contributed by atoms with Gasteiger partial charge in [-0.05, 0) is 19.1 Å². The van der Waals surface area contributed by atoms with Crippen molar-refractivity contribution in [1.29, 1.82) is 0 Å². The standard InChI is InChI=1S/C9H7ClN4OS/c1-5-4-16-9(11-5)12-8(15)6-2-3-7(10)14-13-6/h2-4H,1H3,(H,11,12,15). The normalized spacial score (nSPS) is 10.1. The lowest BCUT2D eigenvalue weighted by atomic mass is 10.4. The Labute approximate surface area is 101 Å². The predicted octanol–water partition coefficient (Wildman–Crippen LogP) is 2.15. The van der Waals surface area contributed by atoms with Crippen LogP contribution in [0.2, 0.25) is 5.15 Å². The number of thiazole rings is 1. The van der Waals surface area contributed by atoms with Crippen molar-refractivity contribution in [2.75, 3.05) is 5.32 Å². The molecule has 0 unspecified atom stereocenters. The van der Waals surface area contributed by atoms with E-state index in [1.54, 1.807) is 0 Å². The minimum Gasteiger partial charge on any atom is -0.296 e. The maximum Gasteiger partial charge on any atom is 0.277 e. The van der Waals surface area contributed by atoms with E-state index < -0.39 is 0 Å². The number of anilines is 1. The molecular formula is C9H7ClN4OS. The summed E-state index contributed by atoms with van der Waals surface area (Å²) >= 11 is 6.92. The first-order valence-electron chi connectivity index (χ1n) is 4.38. The molecule has 2 heterocycles. The van der Waals surface area contributed by atoms with Crippen LogP contribution < -0.4 is 5.32 Å². The van der Waals surface area contributed by atoms with Crippen molar-refractivity contribution in [3.63, 3.8) is 0 Å². The van der Waals surface area contributed by atoms with Gasteiger partial charge in [-0.3, -0.25) is 10.1 Å². The SMILES string of the molecule is Cc1csc(NC(=O)c2ccc(Cl)nn2)n1. The van der Waals surface area contributed by atoms with Crippen molar-refractivity contribution in [3.8, 4) is 0 Å². The number of nitrogens with one attached hydrogen (secondary N) is 1. The van der Waals surface area contributed by atoms with E-state index in [9.17, 15) is 4.79 Å². The molecule has 0 aliphatic heterocycles. The molecule has 2 aromatic heterocycles. The smallest absolute Gasteiger partial charge is 0.277 e. The van der Waals surface area contributed by atoms with Gasteiger partial charge in [-0.25, -0.2) is 4.98 Å². The molecule has 0 saturated carbocycles. The molecule has 0 radical (unpaired) electrons. The molecule has 82 valence electrons. The second-order valence-corrected chi connectivity index (χ2v) is 4.23. The van der Waals surface area contributed by atoms with Gasteiger partial charge in [0.15, 0.2) is 16.0 Å². The Bertz CT molecular complexity index is 510. The molecule has 2 aromatic rings. The van der Waals surface area contributed by atoms with E-state index in [1.165, 1.54) is 23.5 Å². The van der Waals surface area contributed by atoms with Crippen LogP contribution in [0.3, 0.4) is 0 Å². The highest BCUT2D eigenvalue weighted by Crippen LogP contribution is 2.15. The van der Waals surface area contributed by atoms with Gasteiger partial charge >= 0.3 is 0 Å². The van der Waals surface area contributed by atoms with Crippen LogP contribution in [-0.4, -0.2) is 21.1 Å². The summed E-state index contributed by atoms with van der Waals surface area (Å²) in [6, 6.07) is 3.02. The lowest BCUT2D eigenvalue weighted by Gasteiger charge is -1.99. The number of hydrogen-bond acceptors (Lipinski definition) is 5. The third-order valence-corrected chi connectivity index (χ3v) is 2.78. The molecule has 0 bridgehead atoms. The fraction of sp³-hybridized carbons (Fsp3) is 0.111. The Morgan fingerprint density at radius 1 is 1.44 bits per heavy atom. The number of hydrogen-bond donors (Lipinski definition) is 1. The van der Waals surface area contributed by atoms with Crippen LogP contribution in [0.15, 0.2) is 17.5 Å². The summed E-state index contributed by atoms with van der Waals surface area (Å²) in [6.07, 6.45) is 0. The summed E-state index contributed by atoms with van der Waals surface area (Å²) in [5.41, 5.74) is 1.07. The van der Waals surface area contributed by atoms with Crippen LogP contribution in [0.25, 0.3) is 0 Å². The second kappa shape index (κ2) is 4.54. The molecule has 16 heavy (non-hydrogen) atoms. The Morgan fingerprint density at radius 2 is 2.25 bits per heavy atom. The molecule has 0 aromatic carbocycles. The molecule has 7 heteroatoms. The molecule has 2 rings (SSSR count). The van der Waals surface area contributed by atoms with Gasteiger partial charge in [-0.1, -0.05) is 11.6 Å². The summed E-state index contributed by atoms with van der Waals surface area (Å²) in [6.45, 7) is 1.86. The zero-order valence-electron chi connectivity index (χ0n) is 8.27. The molecule has 0 aliphatic rings. The molecule has 0 spiro atoms. The number of aromatic nitrogens is 3. The fourth-order valence-corrected chi connectivity index (χ4v) is 1.79. The van der Waals surface area contributed by atoms with Crippen molar-refractivity contribution in [2.24, 2.45) is 0 Å². The summed E-state index contributed by atoms with van der Waals surface area (Å²) in [4.78, 5) is 15.8. The monoisotopic (exact) mass is 254 g/mol. The number of carbonyl (C=O) groups excluding carboxylic acids is 1. The van der Waals surface area contributed by atoms with Gasteiger partial charge in [0.2, 0.25) is 0 Å². The van der Waals surface area contributed by atoms with E-state index in [0.29, 0.717) is 5.13 Å². The minimum atomic E-state index is -0.349. The number of carbonyl (C=O) groups is 1. The largest absolute Gasteiger partial charge is 0.296 e. The summed E-state index contributed by atoms with van der Waals surface area (Å²) in [5, 5.41) is 12.5. The van der Waals surface area contributed by atoms with Crippen molar-refractivity contribution in [1.82, 2.24) is 15.2 Å². The van der Waals surface area contributed by atoms with E-state index in [4.69, 9.17) is 11.6 Å². The van der Waals surface area contributed by atoms with Crippen LogP contribution in [0.1, 0.15) is 16.2 Å². The third-order valence-electron chi connectivity index (χ3n) is 1.70. The molecule has 0 saturated heterocycles. The van der Waals surface area contributed by atoms with Gasteiger partial charge in [-0.15, -0.1) is 21.5 Å². The Morgan fingerprint density at radius 3 is 2.81 bits per heavy atom. The number of rotatable bonds is 2. The summed E-state index contributed by atoms with van der Waals surface area (Å²) in [7, 11) is 0. The van der Waals surface area contributed by atoms with Crippen molar-refractivity contribution in [3.05, 3.63) is 34.1 Å². The molecule has 5 nitrogen and oxygen atoms in total. The predicted molar refractivity (Wildman–Crippen MR) is 61.8 cm³/mol. The van der Waals surface area contributed by atoms with Crippen LogP contribution in [0.4, 0.5) is 5.13 Å². The lowest BCUT2D eigenvalue weighted by molar-refractivity contribution is 0.102. The van der Waals surface area contributed by atoms with Crippen LogP contribution in [0.5, 0.6) is 0 Å².